The Morgan fingerprint density at radius 3 is 2.78 bits per heavy atom. The van der Waals surface area contributed by atoms with Gasteiger partial charge < -0.3 is 5.73 Å². The lowest BCUT2D eigenvalue weighted by molar-refractivity contribution is -0.119. The van der Waals surface area contributed by atoms with Crippen molar-refractivity contribution in [3.63, 3.8) is 0 Å². The number of primary amides is 1. The Labute approximate surface area is 113 Å². The van der Waals surface area contributed by atoms with Crippen LogP contribution in [0.4, 0.5) is 0 Å². The van der Waals surface area contributed by atoms with Crippen molar-refractivity contribution in [1.29, 1.82) is 0 Å². The monoisotopic (exact) mass is 269 g/mol. The van der Waals surface area contributed by atoms with E-state index in [0.717, 1.165) is 30.1 Å². The van der Waals surface area contributed by atoms with Gasteiger partial charge in [-0.25, -0.2) is 4.98 Å². The minimum Gasteiger partial charge on any atom is -0.369 e. The van der Waals surface area contributed by atoms with Gasteiger partial charge in [0.1, 0.15) is 0 Å². The summed E-state index contributed by atoms with van der Waals surface area (Å²) in [6.45, 7) is 8.35. The number of thiazole rings is 1. The molecular weight excluding hydrogens is 246 g/mol. The standard InChI is InChI=1S/C13H23N3OS/c1-4-5-6-16(8-12(14)17)7-11-9-18-13(15-11)10(2)3/h9-10H,4-8H2,1-3H3,(H2,14,17). The first-order valence-electron chi connectivity index (χ1n) is 6.47. The maximum Gasteiger partial charge on any atom is 0.231 e. The summed E-state index contributed by atoms with van der Waals surface area (Å²) in [5.74, 6) is 0.189. The zero-order chi connectivity index (χ0) is 13.5. The van der Waals surface area contributed by atoms with Crippen LogP contribution in [-0.4, -0.2) is 28.9 Å². The fourth-order valence-corrected chi connectivity index (χ4v) is 2.53. The Hall–Kier alpha value is -0.940. The highest BCUT2D eigenvalue weighted by atomic mass is 32.1. The van der Waals surface area contributed by atoms with Crippen molar-refractivity contribution >= 4 is 17.2 Å². The average molecular weight is 269 g/mol. The van der Waals surface area contributed by atoms with Crippen molar-refractivity contribution in [2.24, 2.45) is 5.73 Å². The number of carbonyl (C=O) groups is 1. The molecule has 0 fully saturated rings. The summed E-state index contributed by atoms with van der Waals surface area (Å²) >= 11 is 1.69. The third kappa shape index (κ3) is 5.14. The second kappa shape index (κ2) is 7.48. The molecule has 1 heterocycles. The van der Waals surface area contributed by atoms with Crippen LogP contribution < -0.4 is 5.73 Å². The number of hydrogen-bond acceptors (Lipinski definition) is 4. The Balaban J connectivity index is 2.59. The molecule has 1 rings (SSSR count). The third-order valence-electron chi connectivity index (χ3n) is 2.66. The molecule has 0 atom stereocenters. The van der Waals surface area contributed by atoms with Crippen LogP contribution in [0.15, 0.2) is 5.38 Å². The summed E-state index contributed by atoms with van der Waals surface area (Å²) in [6.07, 6.45) is 2.19. The van der Waals surface area contributed by atoms with Crippen molar-refractivity contribution < 1.29 is 4.79 Å². The SMILES string of the molecule is CCCCN(CC(N)=O)Cc1csc(C(C)C)n1. The molecule has 0 aliphatic carbocycles. The normalized spacial score (nSPS) is 11.4. The third-order valence-corrected chi connectivity index (χ3v) is 3.85. The first kappa shape index (κ1) is 15.1. The highest BCUT2D eigenvalue weighted by molar-refractivity contribution is 7.09. The van der Waals surface area contributed by atoms with E-state index in [1.54, 1.807) is 11.3 Å². The second-order valence-corrected chi connectivity index (χ2v) is 5.75. The number of carbonyl (C=O) groups excluding carboxylic acids is 1. The summed E-state index contributed by atoms with van der Waals surface area (Å²) in [5, 5.41) is 3.23. The molecular formula is C13H23N3OS. The smallest absolute Gasteiger partial charge is 0.231 e. The second-order valence-electron chi connectivity index (χ2n) is 4.86. The van der Waals surface area contributed by atoms with E-state index in [1.165, 1.54) is 0 Å². The summed E-state index contributed by atoms with van der Waals surface area (Å²) < 4.78 is 0. The molecule has 1 amide bonds. The molecule has 2 N–H and O–H groups in total. The van der Waals surface area contributed by atoms with Crippen LogP contribution in [0.2, 0.25) is 0 Å². The molecule has 0 aliphatic heterocycles. The Morgan fingerprint density at radius 2 is 2.28 bits per heavy atom. The summed E-state index contributed by atoms with van der Waals surface area (Å²) in [6, 6.07) is 0. The average Bonchev–Trinajstić information content (AvgIpc) is 2.73. The molecule has 0 saturated carbocycles. The molecule has 0 aromatic carbocycles. The molecule has 5 heteroatoms. The Kier molecular flexibility index (Phi) is 6.29. The van der Waals surface area contributed by atoms with E-state index in [4.69, 9.17) is 5.73 Å². The number of rotatable bonds is 8. The molecule has 0 unspecified atom stereocenters. The minimum atomic E-state index is -0.273. The first-order chi connectivity index (χ1) is 8.52. The van der Waals surface area contributed by atoms with Gasteiger partial charge in [-0.05, 0) is 13.0 Å². The lowest BCUT2D eigenvalue weighted by atomic mass is 10.2. The molecule has 0 bridgehead atoms. The predicted octanol–water partition coefficient (Wildman–Crippen LogP) is 2.35. The molecule has 1 aromatic heterocycles. The number of amides is 1. The van der Waals surface area contributed by atoms with Crippen LogP contribution in [-0.2, 0) is 11.3 Å². The predicted molar refractivity (Wildman–Crippen MR) is 75.6 cm³/mol. The molecule has 0 saturated heterocycles. The number of aromatic nitrogens is 1. The fraction of sp³-hybridized carbons (Fsp3) is 0.692. The van der Waals surface area contributed by atoms with Gasteiger partial charge in [-0.1, -0.05) is 27.2 Å². The van der Waals surface area contributed by atoms with Crippen molar-refractivity contribution in [1.82, 2.24) is 9.88 Å². The summed E-state index contributed by atoms with van der Waals surface area (Å²) in [5.41, 5.74) is 6.32. The first-order valence-corrected chi connectivity index (χ1v) is 7.35. The molecule has 1 aromatic rings. The van der Waals surface area contributed by atoms with E-state index >= 15 is 0 Å². The van der Waals surface area contributed by atoms with Gasteiger partial charge in [-0.15, -0.1) is 11.3 Å². The van der Waals surface area contributed by atoms with Crippen LogP contribution in [0, 0.1) is 0 Å². The van der Waals surface area contributed by atoms with Crippen LogP contribution in [0.3, 0.4) is 0 Å². The van der Waals surface area contributed by atoms with Crippen molar-refractivity contribution in [3.05, 3.63) is 16.1 Å². The van der Waals surface area contributed by atoms with E-state index in [9.17, 15) is 4.79 Å². The lowest BCUT2D eigenvalue weighted by Crippen LogP contribution is -2.34. The summed E-state index contributed by atoms with van der Waals surface area (Å²) in [4.78, 5) is 17.7. The molecule has 102 valence electrons. The van der Waals surface area contributed by atoms with E-state index in [1.807, 2.05) is 0 Å². The van der Waals surface area contributed by atoms with Gasteiger partial charge in [0.25, 0.3) is 0 Å². The quantitative estimate of drug-likeness (QED) is 0.788. The van der Waals surface area contributed by atoms with Gasteiger partial charge >= 0.3 is 0 Å². The Bertz CT molecular complexity index is 376. The Morgan fingerprint density at radius 1 is 1.56 bits per heavy atom. The van der Waals surface area contributed by atoms with Gasteiger partial charge in [0.05, 0.1) is 17.2 Å². The molecule has 18 heavy (non-hydrogen) atoms. The number of hydrogen-bond donors (Lipinski definition) is 1. The van der Waals surface area contributed by atoms with E-state index in [-0.39, 0.29) is 5.91 Å². The van der Waals surface area contributed by atoms with E-state index in [0.29, 0.717) is 19.0 Å². The fourth-order valence-electron chi connectivity index (χ4n) is 1.71. The van der Waals surface area contributed by atoms with E-state index < -0.39 is 0 Å². The number of nitrogens with zero attached hydrogens (tertiary/aromatic N) is 2. The van der Waals surface area contributed by atoms with Gasteiger partial charge in [0.2, 0.25) is 5.91 Å². The van der Waals surface area contributed by atoms with Gasteiger partial charge in [-0.2, -0.15) is 0 Å². The van der Waals surface area contributed by atoms with Gasteiger partial charge in [0.15, 0.2) is 0 Å². The molecule has 0 radical (unpaired) electrons. The highest BCUT2D eigenvalue weighted by Crippen LogP contribution is 2.20. The lowest BCUT2D eigenvalue weighted by Gasteiger charge is -2.19. The van der Waals surface area contributed by atoms with E-state index in [2.05, 4.69) is 36.0 Å². The molecule has 0 spiro atoms. The van der Waals surface area contributed by atoms with Crippen molar-refractivity contribution in [3.8, 4) is 0 Å². The number of nitrogens with two attached hydrogens (primary N) is 1. The van der Waals surface area contributed by atoms with Crippen LogP contribution >= 0.6 is 11.3 Å². The highest BCUT2D eigenvalue weighted by Gasteiger charge is 2.12. The van der Waals surface area contributed by atoms with Crippen molar-refractivity contribution in [2.45, 2.75) is 46.1 Å². The number of unbranched alkanes of at least 4 members (excludes halogenated alkanes) is 1. The van der Waals surface area contributed by atoms with Crippen molar-refractivity contribution in [2.75, 3.05) is 13.1 Å². The molecule has 4 nitrogen and oxygen atoms in total. The summed E-state index contributed by atoms with van der Waals surface area (Å²) in [7, 11) is 0. The maximum atomic E-state index is 11.0. The zero-order valence-corrected chi connectivity index (χ0v) is 12.3. The minimum absolute atomic E-state index is 0.273. The van der Waals surface area contributed by atoms with Crippen LogP contribution in [0.25, 0.3) is 0 Å². The van der Waals surface area contributed by atoms with Crippen LogP contribution in [0.5, 0.6) is 0 Å². The topological polar surface area (TPSA) is 59.2 Å². The van der Waals surface area contributed by atoms with Gasteiger partial charge in [-0.3, -0.25) is 9.69 Å². The molecule has 0 aliphatic rings. The van der Waals surface area contributed by atoms with Crippen LogP contribution in [0.1, 0.15) is 50.2 Å². The maximum absolute atomic E-state index is 11.0. The largest absolute Gasteiger partial charge is 0.369 e. The van der Waals surface area contributed by atoms with Gasteiger partial charge in [0, 0.05) is 17.8 Å². The zero-order valence-electron chi connectivity index (χ0n) is 11.5.